The van der Waals surface area contributed by atoms with Gasteiger partial charge in [-0.25, -0.2) is 4.79 Å². The number of ether oxygens (including phenoxy) is 1. The number of hydrogen-bond acceptors (Lipinski definition) is 5. The Morgan fingerprint density at radius 3 is 2.41 bits per heavy atom. The van der Waals surface area contributed by atoms with Gasteiger partial charge in [0.2, 0.25) is 5.60 Å². The van der Waals surface area contributed by atoms with Crippen LogP contribution in [-0.4, -0.2) is 28.7 Å². The Bertz CT molecular complexity index is 415. The molecule has 0 aliphatic heterocycles. The lowest BCUT2D eigenvalue weighted by atomic mass is 9.91. The Morgan fingerprint density at radius 1 is 1.47 bits per heavy atom. The zero-order valence-electron chi connectivity index (χ0n) is 9.49. The highest BCUT2D eigenvalue weighted by molar-refractivity contribution is 5.79. The van der Waals surface area contributed by atoms with E-state index >= 15 is 0 Å². The first-order valence-electron chi connectivity index (χ1n) is 4.90. The van der Waals surface area contributed by atoms with Gasteiger partial charge in [0, 0.05) is 10.5 Å². The number of carbonyl (C=O) groups is 1. The number of nitro groups is 1. The minimum Gasteiger partial charge on any atom is -0.467 e. The second-order valence-electron chi connectivity index (χ2n) is 3.74. The number of esters is 1. The molecule has 0 heterocycles. The highest BCUT2D eigenvalue weighted by Crippen LogP contribution is 2.29. The van der Waals surface area contributed by atoms with Crippen LogP contribution in [0.4, 0.5) is 0 Å². The predicted molar refractivity (Wildman–Crippen MR) is 58.8 cm³/mol. The first kappa shape index (κ1) is 13.1. The molecule has 0 spiro atoms. The SMILES string of the molecule is COC(=O)C(C)(O)C(c1ccccc1)[N+](=O)[O-]. The molecule has 0 fully saturated rings. The summed E-state index contributed by atoms with van der Waals surface area (Å²) in [6, 6.07) is 6.28. The van der Waals surface area contributed by atoms with Crippen LogP contribution in [0.25, 0.3) is 0 Å². The van der Waals surface area contributed by atoms with Gasteiger partial charge >= 0.3 is 5.97 Å². The summed E-state index contributed by atoms with van der Waals surface area (Å²) in [5, 5.41) is 21.0. The molecule has 0 aromatic heterocycles. The Balaban J connectivity index is 3.19. The Hall–Kier alpha value is -1.95. The molecular formula is C11H13NO5. The van der Waals surface area contributed by atoms with Gasteiger partial charge in [-0.1, -0.05) is 30.3 Å². The minimum atomic E-state index is -2.21. The predicted octanol–water partition coefficient (Wildman–Crippen LogP) is 0.928. The lowest BCUT2D eigenvalue weighted by Gasteiger charge is -2.23. The van der Waals surface area contributed by atoms with Gasteiger partial charge in [-0.05, 0) is 6.92 Å². The molecule has 1 aromatic rings. The normalized spacial score (nSPS) is 15.7. The van der Waals surface area contributed by atoms with Crippen molar-refractivity contribution < 1.29 is 19.6 Å². The van der Waals surface area contributed by atoms with Crippen molar-refractivity contribution in [3.8, 4) is 0 Å². The lowest BCUT2D eigenvalue weighted by Crippen LogP contribution is -2.45. The average molecular weight is 239 g/mol. The number of hydrogen-bond donors (Lipinski definition) is 1. The van der Waals surface area contributed by atoms with Crippen molar-refractivity contribution in [1.82, 2.24) is 0 Å². The number of methoxy groups -OCH3 is 1. The van der Waals surface area contributed by atoms with Gasteiger partial charge in [0.15, 0.2) is 0 Å². The largest absolute Gasteiger partial charge is 0.467 e. The number of aliphatic hydroxyl groups is 1. The Labute approximate surface area is 98.0 Å². The standard InChI is InChI=1S/C11H13NO5/c1-11(14,10(13)17-2)9(12(15)16)8-6-4-3-5-7-8/h3-7,9,14H,1-2H3. The van der Waals surface area contributed by atoms with Crippen LogP contribution in [0.5, 0.6) is 0 Å². The van der Waals surface area contributed by atoms with E-state index in [2.05, 4.69) is 4.74 Å². The van der Waals surface area contributed by atoms with Crippen molar-refractivity contribution in [2.24, 2.45) is 0 Å². The van der Waals surface area contributed by atoms with E-state index in [0.29, 0.717) is 0 Å². The fraction of sp³-hybridized carbons (Fsp3) is 0.364. The molecule has 17 heavy (non-hydrogen) atoms. The van der Waals surface area contributed by atoms with Crippen molar-refractivity contribution in [2.75, 3.05) is 7.11 Å². The van der Waals surface area contributed by atoms with Gasteiger partial charge in [-0.15, -0.1) is 0 Å². The number of carbonyl (C=O) groups excluding carboxylic acids is 1. The van der Waals surface area contributed by atoms with Gasteiger partial charge in [0.25, 0.3) is 6.04 Å². The summed E-state index contributed by atoms with van der Waals surface area (Å²) in [5.41, 5.74) is -1.97. The van der Waals surface area contributed by atoms with E-state index in [0.717, 1.165) is 14.0 Å². The average Bonchev–Trinajstić information content (AvgIpc) is 2.28. The molecule has 0 aliphatic rings. The molecule has 0 amide bonds. The maximum absolute atomic E-state index is 11.4. The summed E-state index contributed by atoms with van der Waals surface area (Å²) >= 11 is 0. The second kappa shape index (κ2) is 4.92. The second-order valence-corrected chi connectivity index (χ2v) is 3.74. The molecule has 1 aromatic carbocycles. The van der Waals surface area contributed by atoms with Crippen LogP contribution in [0, 0.1) is 10.1 Å². The summed E-state index contributed by atoms with van der Waals surface area (Å²) in [7, 11) is 1.07. The maximum atomic E-state index is 11.4. The maximum Gasteiger partial charge on any atom is 0.345 e. The van der Waals surface area contributed by atoms with Crippen molar-refractivity contribution in [3.05, 3.63) is 46.0 Å². The van der Waals surface area contributed by atoms with Crippen LogP contribution < -0.4 is 0 Å². The highest BCUT2D eigenvalue weighted by atomic mass is 16.6. The van der Waals surface area contributed by atoms with Gasteiger partial charge in [-0.2, -0.15) is 0 Å². The van der Waals surface area contributed by atoms with E-state index in [9.17, 15) is 20.0 Å². The summed E-state index contributed by atoms with van der Waals surface area (Å²) in [6.07, 6.45) is 0. The molecule has 6 heteroatoms. The molecule has 6 nitrogen and oxygen atoms in total. The van der Waals surface area contributed by atoms with Gasteiger partial charge in [0.1, 0.15) is 0 Å². The fourth-order valence-electron chi connectivity index (χ4n) is 1.61. The van der Waals surface area contributed by atoms with Gasteiger partial charge < -0.3 is 9.84 Å². The molecule has 0 saturated heterocycles. The van der Waals surface area contributed by atoms with E-state index in [1.54, 1.807) is 18.2 Å². The lowest BCUT2D eigenvalue weighted by molar-refractivity contribution is -0.548. The van der Waals surface area contributed by atoms with E-state index in [1.807, 2.05) is 0 Å². The summed E-state index contributed by atoms with van der Waals surface area (Å²) in [6.45, 7) is 1.07. The third kappa shape index (κ3) is 2.59. The third-order valence-corrected chi connectivity index (χ3v) is 2.46. The van der Waals surface area contributed by atoms with Crippen LogP contribution in [0.1, 0.15) is 18.5 Å². The van der Waals surface area contributed by atoms with Gasteiger partial charge in [-0.3, -0.25) is 10.1 Å². The molecule has 2 unspecified atom stereocenters. The molecule has 1 N–H and O–H groups in total. The van der Waals surface area contributed by atoms with Gasteiger partial charge in [0.05, 0.1) is 7.11 Å². The fourth-order valence-corrected chi connectivity index (χ4v) is 1.61. The number of benzene rings is 1. The first-order valence-corrected chi connectivity index (χ1v) is 4.90. The molecule has 0 aliphatic carbocycles. The highest BCUT2D eigenvalue weighted by Gasteiger charge is 2.49. The summed E-state index contributed by atoms with van der Waals surface area (Å²) in [4.78, 5) is 21.7. The van der Waals surface area contributed by atoms with E-state index in [-0.39, 0.29) is 5.56 Å². The molecule has 0 radical (unpaired) electrons. The molecule has 0 bridgehead atoms. The minimum absolute atomic E-state index is 0.243. The smallest absolute Gasteiger partial charge is 0.345 e. The molecule has 0 saturated carbocycles. The van der Waals surface area contributed by atoms with E-state index < -0.39 is 22.5 Å². The number of rotatable bonds is 4. The van der Waals surface area contributed by atoms with E-state index in [1.165, 1.54) is 12.1 Å². The van der Waals surface area contributed by atoms with Crippen molar-refractivity contribution in [1.29, 1.82) is 0 Å². The number of nitrogens with zero attached hydrogens (tertiary/aromatic N) is 1. The van der Waals surface area contributed by atoms with E-state index in [4.69, 9.17) is 0 Å². The topological polar surface area (TPSA) is 89.7 Å². The third-order valence-electron chi connectivity index (χ3n) is 2.46. The van der Waals surface area contributed by atoms with Crippen molar-refractivity contribution in [3.63, 3.8) is 0 Å². The molecular weight excluding hydrogens is 226 g/mol. The molecule has 1 rings (SSSR count). The summed E-state index contributed by atoms with van der Waals surface area (Å²) < 4.78 is 4.37. The van der Waals surface area contributed by atoms with Crippen LogP contribution in [-0.2, 0) is 9.53 Å². The molecule has 92 valence electrons. The molecule has 2 atom stereocenters. The zero-order valence-corrected chi connectivity index (χ0v) is 9.49. The Kier molecular flexibility index (Phi) is 3.80. The van der Waals surface area contributed by atoms with Crippen molar-refractivity contribution >= 4 is 5.97 Å². The summed E-state index contributed by atoms with van der Waals surface area (Å²) in [5.74, 6) is -1.04. The van der Waals surface area contributed by atoms with Crippen LogP contribution in [0.15, 0.2) is 30.3 Å². The monoisotopic (exact) mass is 239 g/mol. The zero-order chi connectivity index (χ0) is 13.1. The first-order chi connectivity index (χ1) is 7.91. The Morgan fingerprint density at radius 2 is 2.00 bits per heavy atom. The van der Waals surface area contributed by atoms with Crippen LogP contribution in [0.2, 0.25) is 0 Å². The van der Waals surface area contributed by atoms with Crippen molar-refractivity contribution in [2.45, 2.75) is 18.6 Å². The quantitative estimate of drug-likeness (QED) is 0.479. The van der Waals surface area contributed by atoms with Crippen LogP contribution in [0.3, 0.4) is 0 Å². The van der Waals surface area contributed by atoms with Crippen LogP contribution >= 0.6 is 0 Å².